The van der Waals surface area contributed by atoms with E-state index in [-0.39, 0.29) is 11.7 Å². The van der Waals surface area contributed by atoms with E-state index in [1.54, 1.807) is 0 Å². The molecule has 4 heteroatoms. The van der Waals surface area contributed by atoms with Crippen LogP contribution in [0, 0.1) is 12.8 Å². The highest BCUT2D eigenvalue weighted by Gasteiger charge is 2.24. The fourth-order valence-electron chi connectivity index (χ4n) is 2.45. The van der Waals surface area contributed by atoms with Crippen molar-refractivity contribution < 1.29 is 14.3 Å². The highest BCUT2D eigenvalue weighted by atomic mass is 16.5. The molecule has 0 N–H and O–H groups in total. The number of carbonyl (C=O) groups is 2. The highest BCUT2D eigenvalue weighted by molar-refractivity contribution is 6.23. The number of carbonyl (C=O) groups excluding carboxylic acids is 2. The lowest BCUT2D eigenvalue weighted by atomic mass is 9.84. The molecule has 1 rings (SSSR count). The molecule has 0 aromatic carbocycles. The van der Waals surface area contributed by atoms with Crippen molar-refractivity contribution in [2.45, 2.75) is 64.3 Å². The first-order chi connectivity index (χ1) is 9.65. The van der Waals surface area contributed by atoms with Crippen LogP contribution in [0.4, 0.5) is 0 Å². The van der Waals surface area contributed by atoms with Crippen LogP contribution in [0.15, 0.2) is 4.99 Å². The zero-order chi connectivity index (χ0) is 14.8. The first-order valence-corrected chi connectivity index (χ1v) is 7.72. The van der Waals surface area contributed by atoms with Crippen LogP contribution in [0.25, 0.3) is 0 Å². The molecule has 0 unspecified atom stereocenters. The van der Waals surface area contributed by atoms with Crippen molar-refractivity contribution in [1.29, 1.82) is 0 Å². The smallest absolute Gasteiger partial charge is 0.348 e. The summed E-state index contributed by atoms with van der Waals surface area (Å²) in [6, 6.07) is -0.679. The number of Topliss-reactive ketones (excluding diaryl/α,β-unsaturated/α-hetero) is 1. The molecule has 1 aliphatic carbocycles. The summed E-state index contributed by atoms with van der Waals surface area (Å²) in [6.45, 7) is 6.24. The Bertz CT molecular complexity index is 333. The van der Waals surface area contributed by atoms with Gasteiger partial charge in [0.25, 0.3) is 0 Å². The molecule has 1 aliphatic rings. The van der Waals surface area contributed by atoms with Gasteiger partial charge in [0.2, 0.25) is 0 Å². The fraction of sp³-hybridized carbons (Fsp3) is 0.750. The molecule has 0 amide bonds. The summed E-state index contributed by atoms with van der Waals surface area (Å²) < 4.78 is 4.99. The van der Waals surface area contributed by atoms with E-state index in [1.165, 1.54) is 6.42 Å². The minimum atomic E-state index is -0.679. The predicted octanol–water partition coefficient (Wildman–Crippen LogP) is 3.14. The van der Waals surface area contributed by atoms with Crippen molar-refractivity contribution >= 4 is 18.0 Å². The Balaban J connectivity index is 2.28. The van der Waals surface area contributed by atoms with Gasteiger partial charge in [-0.05, 0) is 26.2 Å². The van der Waals surface area contributed by atoms with Gasteiger partial charge in [-0.3, -0.25) is 9.79 Å². The number of rotatable bonds is 8. The minimum Gasteiger partial charge on any atom is -0.461 e. The second kappa shape index (κ2) is 9.67. The maximum Gasteiger partial charge on any atom is 0.348 e. The number of unbranched alkanes of at least 4 members (excludes halogenated alkanes) is 2. The van der Waals surface area contributed by atoms with E-state index in [1.807, 2.05) is 0 Å². The van der Waals surface area contributed by atoms with Crippen LogP contribution in [0.5, 0.6) is 0 Å². The molecule has 113 valence electrons. The number of hydrogen-bond donors (Lipinski definition) is 0. The molecule has 0 aromatic heterocycles. The lowest BCUT2D eigenvalue weighted by Crippen LogP contribution is -2.27. The maximum atomic E-state index is 12.1. The Labute approximate surface area is 122 Å². The zero-order valence-electron chi connectivity index (χ0n) is 12.5. The third-order valence-corrected chi connectivity index (χ3v) is 3.69. The molecule has 0 heterocycles. The Morgan fingerprint density at radius 3 is 2.65 bits per heavy atom. The van der Waals surface area contributed by atoms with E-state index in [9.17, 15) is 9.59 Å². The Kier molecular flexibility index (Phi) is 8.16. The average molecular weight is 280 g/mol. The number of hydrogen-bond acceptors (Lipinski definition) is 4. The topological polar surface area (TPSA) is 55.7 Å². The van der Waals surface area contributed by atoms with E-state index in [2.05, 4.69) is 18.8 Å². The number of ether oxygens (including phenoxy) is 1. The third kappa shape index (κ3) is 6.31. The largest absolute Gasteiger partial charge is 0.461 e. The lowest BCUT2D eigenvalue weighted by molar-refractivity contribution is -0.135. The number of esters is 1. The van der Waals surface area contributed by atoms with Gasteiger partial charge in [-0.25, -0.2) is 4.79 Å². The standard InChI is InChI=1S/C16H26NO3/c1-3-4-8-11-20-15(18)12-17-13(2)16(19)14-9-6-5-7-10-14/h12-14H,2-11H2,1H3/t13-/m0/s1. The van der Waals surface area contributed by atoms with Gasteiger partial charge in [-0.15, -0.1) is 0 Å². The number of aliphatic imine (C=N–C) groups is 1. The minimum absolute atomic E-state index is 0.0553. The number of nitrogens with zero attached hydrogens (tertiary/aromatic N) is 1. The van der Waals surface area contributed by atoms with Crippen LogP contribution >= 0.6 is 0 Å². The molecule has 0 aliphatic heterocycles. The first kappa shape index (κ1) is 16.9. The van der Waals surface area contributed by atoms with Gasteiger partial charge in [0.05, 0.1) is 6.61 Å². The summed E-state index contributed by atoms with van der Waals surface area (Å²) in [6.07, 6.45) is 9.38. The van der Waals surface area contributed by atoms with Crippen LogP contribution in [0.1, 0.15) is 58.3 Å². The van der Waals surface area contributed by atoms with E-state index < -0.39 is 12.0 Å². The third-order valence-electron chi connectivity index (χ3n) is 3.69. The Morgan fingerprint density at radius 1 is 1.30 bits per heavy atom. The SMILES string of the molecule is [CH2][C@H](N=CC(=O)OCCCCC)C(=O)C1CCCCC1. The fourth-order valence-corrected chi connectivity index (χ4v) is 2.45. The normalized spacial score (nSPS) is 18.1. The summed E-state index contributed by atoms with van der Waals surface area (Å²) in [4.78, 5) is 27.4. The molecule has 1 fully saturated rings. The average Bonchev–Trinajstić information content (AvgIpc) is 2.49. The predicted molar refractivity (Wildman–Crippen MR) is 79.7 cm³/mol. The summed E-state index contributed by atoms with van der Waals surface area (Å²) in [5.74, 6) is -0.352. The Hall–Kier alpha value is -1.19. The second-order valence-corrected chi connectivity index (χ2v) is 5.41. The highest BCUT2D eigenvalue weighted by Crippen LogP contribution is 2.25. The van der Waals surface area contributed by atoms with Crippen molar-refractivity contribution in [3.05, 3.63) is 6.92 Å². The molecule has 0 saturated heterocycles. The maximum absolute atomic E-state index is 12.1. The van der Waals surface area contributed by atoms with E-state index in [0.29, 0.717) is 6.61 Å². The summed E-state index contributed by atoms with van der Waals surface area (Å²) in [7, 11) is 0. The van der Waals surface area contributed by atoms with Gasteiger partial charge in [0.15, 0.2) is 5.78 Å². The monoisotopic (exact) mass is 280 g/mol. The van der Waals surface area contributed by atoms with Gasteiger partial charge in [0, 0.05) is 5.92 Å². The van der Waals surface area contributed by atoms with Crippen LogP contribution in [-0.4, -0.2) is 30.6 Å². The quantitative estimate of drug-likeness (QED) is 0.390. The zero-order valence-corrected chi connectivity index (χ0v) is 12.5. The molecule has 1 radical (unpaired) electrons. The molecule has 0 bridgehead atoms. The van der Waals surface area contributed by atoms with E-state index >= 15 is 0 Å². The molecule has 20 heavy (non-hydrogen) atoms. The van der Waals surface area contributed by atoms with Crippen molar-refractivity contribution in [1.82, 2.24) is 0 Å². The van der Waals surface area contributed by atoms with Crippen LogP contribution in [0.3, 0.4) is 0 Å². The molecular weight excluding hydrogens is 254 g/mol. The first-order valence-electron chi connectivity index (χ1n) is 7.72. The summed E-state index contributed by atoms with van der Waals surface area (Å²) in [5.41, 5.74) is 0. The summed E-state index contributed by atoms with van der Waals surface area (Å²) >= 11 is 0. The molecule has 0 aromatic rings. The van der Waals surface area contributed by atoms with Gasteiger partial charge >= 0.3 is 5.97 Å². The number of ketones is 1. The van der Waals surface area contributed by atoms with Crippen molar-refractivity contribution in [3.63, 3.8) is 0 Å². The van der Waals surface area contributed by atoms with Gasteiger partial charge in [0.1, 0.15) is 12.3 Å². The van der Waals surface area contributed by atoms with Crippen LogP contribution in [0.2, 0.25) is 0 Å². The molecule has 0 spiro atoms. The molecule has 1 atom stereocenters. The second-order valence-electron chi connectivity index (χ2n) is 5.41. The van der Waals surface area contributed by atoms with E-state index in [0.717, 1.165) is 51.2 Å². The molecule has 1 saturated carbocycles. The molecular formula is C16H26NO3. The summed E-state index contributed by atoms with van der Waals surface area (Å²) in [5, 5.41) is 0. The molecule has 4 nitrogen and oxygen atoms in total. The van der Waals surface area contributed by atoms with Crippen LogP contribution in [-0.2, 0) is 14.3 Å². The van der Waals surface area contributed by atoms with Crippen molar-refractivity contribution in [3.8, 4) is 0 Å². The Morgan fingerprint density at radius 2 is 2.00 bits per heavy atom. The van der Waals surface area contributed by atoms with Gasteiger partial charge in [-0.2, -0.15) is 0 Å². The van der Waals surface area contributed by atoms with Crippen LogP contribution < -0.4 is 0 Å². The van der Waals surface area contributed by atoms with Crippen molar-refractivity contribution in [2.24, 2.45) is 10.9 Å². The van der Waals surface area contributed by atoms with Crippen molar-refractivity contribution in [2.75, 3.05) is 6.61 Å². The van der Waals surface area contributed by atoms with E-state index in [4.69, 9.17) is 4.74 Å². The van der Waals surface area contributed by atoms with Gasteiger partial charge < -0.3 is 4.74 Å². The van der Waals surface area contributed by atoms with Gasteiger partial charge in [-0.1, -0.05) is 39.0 Å². The lowest BCUT2D eigenvalue weighted by Gasteiger charge is -2.21.